The highest BCUT2D eigenvalue weighted by Gasteiger charge is 2.17. The minimum atomic E-state index is -0.751. The van der Waals surface area contributed by atoms with E-state index in [-0.39, 0.29) is 12.3 Å². The van der Waals surface area contributed by atoms with Crippen molar-refractivity contribution in [3.8, 4) is 0 Å². The Hall–Kier alpha value is -1.40. The Kier molecular flexibility index (Phi) is 30.0. The maximum absolute atomic E-state index is 11.7. The first-order chi connectivity index (χ1) is 20.4. The fourth-order valence-electron chi connectivity index (χ4n) is 5.67. The van der Waals surface area contributed by atoms with E-state index in [4.69, 9.17) is 5.11 Å². The van der Waals surface area contributed by atoms with E-state index in [1.807, 2.05) is 0 Å². The Bertz CT molecular complexity index is 634. The lowest BCUT2D eigenvalue weighted by Crippen LogP contribution is -2.25. The van der Waals surface area contributed by atoms with E-state index in [0.717, 1.165) is 77.0 Å². The summed E-state index contributed by atoms with van der Waals surface area (Å²) in [5, 5.41) is 38.6. The number of hydrogen-bond acceptors (Lipinski definition) is 4. The monoisotopic (exact) mass is 597 g/mol. The first kappa shape index (κ1) is 40.6. The van der Waals surface area contributed by atoms with Gasteiger partial charge < -0.3 is 20.4 Å². The van der Waals surface area contributed by atoms with Crippen molar-refractivity contribution >= 4 is 11.9 Å². The van der Waals surface area contributed by atoms with Gasteiger partial charge in [-0.1, -0.05) is 135 Å². The van der Waals surface area contributed by atoms with Gasteiger partial charge in [0.2, 0.25) is 0 Å². The molecule has 0 aromatic rings. The molecular formula is C36H68O6. The van der Waals surface area contributed by atoms with E-state index in [2.05, 4.69) is 19.1 Å². The topological polar surface area (TPSA) is 115 Å². The van der Waals surface area contributed by atoms with Gasteiger partial charge in [0.25, 0.3) is 0 Å². The zero-order valence-electron chi connectivity index (χ0n) is 27.3. The number of hydrogen-bond donors (Lipinski definition) is 4. The van der Waals surface area contributed by atoms with Gasteiger partial charge >= 0.3 is 11.9 Å². The van der Waals surface area contributed by atoms with Crippen LogP contribution in [-0.4, -0.2) is 44.6 Å². The van der Waals surface area contributed by atoms with Gasteiger partial charge in [-0.2, -0.15) is 0 Å². The van der Waals surface area contributed by atoms with Crippen molar-refractivity contribution < 1.29 is 30.0 Å². The summed E-state index contributed by atoms with van der Waals surface area (Å²) in [5.41, 5.74) is 0. The smallest absolute Gasteiger partial charge is 0.306 e. The van der Waals surface area contributed by atoms with Crippen molar-refractivity contribution in [3.05, 3.63) is 12.2 Å². The fraction of sp³-hybridized carbons (Fsp3) is 0.889. The summed E-state index contributed by atoms with van der Waals surface area (Å²) >= 11 is 0. The van der Waals surface area contributed by atoms with Crippen molar-refractivity contribution in [1.29, 1.82) is 0 Å². The van der Waals surface area contributed by atoms with Gasteiger partial charge in [0.1, 0.15) is 0 Å². The molecule has 3 unspecified atom stereocenters. The van der Waals surface area contributed by atoms with Gasteiger partial charge in [-0.15, -0.1) is 0 Å². The minimum absolute atomic E-state index is 0.219. The summed E-state index contributed by atoms with van der Waals surface area (Å²) < 4.78 is 0. The molecule has 0 radical (unpaired) electrons. The van der Waals surface area contributed by atoms with Gasteiger partial charge in [-0.3, -0.25) is 9.59 Å². The second kappa shape index (κ2) is 31.0. The summed E-state index contributed by atoms with van der Waals surface area (Å²) in [5.74, 6) is -1.65. The van der Waals surface area contributed by atoms with Gasteiger partial charge in [0, 0.05) is 6.42 Å². The number of carbonyl (C=O) groups is 2. The first-order valence-corrected chi connectivity index (χ1v) is 17.8. The van der Waals surface area contributed by atoms with Gasteiger partial charge in [-0.25, -0.2) is 0 Å². The van der Waals surface area contributed by atoms with E-state index in [1.54, 1.807) is 0 Å². The van der Waals surface area contributed by atoms with Crippen molar-refractivity contribution in [2.24, 2.45) is 5.92 Å². The number of allylic oxidation sites excluding steroid dienone is 2. The number of aliphatic carboxylic acids is 2. The lowest BCUT2D eigenvalue weighted by molar-refractivity contribution is -0.142. The Labute approximate surface area is 258 Å². The van der Waals surface area contributed by atoms with E-state index in [9.17, 15) is 24.9 Å². The molecule has 6 heteroatoms. The predicted octanol–water partition coefficient (Wildman–Crippen LogP) is 9.99. The largest absolute Gasteiger partial charge is 0.481 e. The van der Waals surface area contributed by atoms with Crippen LogP contribution in [0.1, 0.15) is 187 Å². The average molecular weight is 597 g/mol. The Morgan fingerprint density at radius 3 is 1.26 bits per heavy atom. The third-order valence-corrected chi connectivity index (χ3v) is 8.55. The lowest BCUT2D eigenvalue weighted by atomic mass is 9.94. The minimum Gasteiger partial charge on any atom is -0.481 e. The van der Waals surface area contributed by atoms with Crippen LogP contribution in [0.2, 0.25) is 0 Å². The zero-order valence-corrected chi connectivity index (χ0v) is 27.3. The van der Waals surface area contributed by atoms with Gasteiger partial charge in [0.15, 0.2) is 0 Å². The van der Waals surface area contributed by atoms with Crippen LogP contribution in [0.5, 0.6) is 0 Å². The SMILES string of the molecule is CCCCCCCC/C=C\CCCCCCCCC(CCCCCCC(O)C(O)CCCCCCCC(=O)O)C(=O)O. The van der Waals surface area contributed by atoms with E-state index >= 15 is 0 Å². The highest BCUT2D eigenvalue weighted by molar-refractivity contribution is 5.69. The van der Waals surface area contributed by atoms with Crippen molar-refractivity contribution in [1.82, 2.24) is 0 Å². The maximum atomic E-state index is 11.7. The van der Waals surface area contributed by atoms with Crippen LogP contribution in [0.25, 0.3) is 0 Å². The van der Waals surface area contributed by atoms with E-state index in [0.29, 0.717) is 19.3 Å². The molecule has 0 rings (SSSR count). The molecule has 0 spiro atoms. The summed E-state index contributed by atoms with van der Waals surface area (Å²) in [4.78, 5) is 22.2. The molecule has 248 valence electrons. The maximum Gasteiger partial charge on any atom is 0.306 e. The molecule has 0 aliphatic rings. The van der Waals surface area contributed by atoms with Crippen LogP contribution in [0.4, 0.5) is 0 Å². The molecule has 0 aromatic carbocycles. The van der Waals surface area contributed by atoms with Crippen LogP contribution in [-0.2, 0) is 9.59 Å². The number of unbranched alkanes of at least 4 members (excludes halogenated alkanes) is 19. The van der Waals surface area contributed by atoms with Gasteiger partial charge in [0.05, 0.1) is 18.1 Å². The van der Waals surface area contributed by atoms with E-state index in [1.165, 1.54) is 77.0 Å². The molecule has 0 amide bonds. The average Bonchev–Trinajstić information content (AvgIpc) is 2.96. The summed E-state index contributed by atoms with van der Waals surface area (Å²) in [6, 6.07) is 0. The predicted molar refractivity (Wildman–Crippen MR) is 175 cm³/mol. The molecule has 4 N–H and O–H groups in total. The molecular weight excluding hydrogens is 528 g/mol. The molecule has 0 aromatic heterocycles. The molecule has 6 nitrogen and oxygen atoms in total. The highest BCUT2D eigenvalue weighted by atomic mass is 16.4. The summed E-state index contributed by atoms with van der Waals surface area (Å²) in [7, 11) is 0. The fourth-order valence-corrected chi connectivity index (χ4v) is 5.67. The lowest BCUT2D eigenvalue weighted by Gasteiger charge is -2.17. The Morgan fingerprint density at radius 1 is 0.500 bits per heavy atom. The highest BCUT2D eigenvalue weighted by Crippen LogP contribution is 2.20. The second-order valence-electron chi connectivity index (χ2n) is 12.6. The van der Waals surface area contributed by atoms with Crippen LogP contribution < -0.4 is 0 Å². The molecule has 3 atom stereocenters. The number of aliphatic hydroxyl groups excluding tert-OH is 2. The Balaban J connectivity index is 3.63. The summed E-state index contributed by atoms with van der Waals surface area (Å²) in [6.45, 7) is 2.26. The van der Waals surface area contributed by atoms with Crippen molar-refractivity contribution in [2.75, 3.05) is 0 Å². The van der Waals surface area contributed by atoms with Crippen molar-refractivity contribution in [2.45, 2.75) is 199 Å². The standard InChI is InChI=1S/C36H68O6/c1-2-3-4-5-6-7-8-9-10-11-12-13-14-15-17-22-27-32(36(41)42)28-23-20-21-25-30-34(38)33(37)29-24-18-16-19-26-31-35(39)40/h9-10,32-34,37-38H,2-8,11-31H2,1H3,(H,39,40)(H,41,42)/b10-9-. The normalized spacial score (nSPS) is 13.9. The van der Waals surface area contributed by atoms with Gasteiger partial charge in [-0.05, 0) is 57.8 Å². The molecule has 0 saturated heterocycles. The van der Waals surface area contributed by atoms with E-state index < -0.39 is 24.1 Å². The number of carboxylic acid groups (broad SMARTS) is 2. The zero-order chi connectivity index (χ0) is 31.1. The van der Waals surface area contributed by atoms with Crippen LogP contribution >= 0.6 is 0 Å². The molecule has 0 heterocycles. The molecule has 0 fully saturated rings. The summed E-state index contributed by atoms with van der Waals surface area (Å²) in [6.07, 6.45) is 31.9. The third kappa shape index (κ3) is 28.7. The number of aliphatic hydroxyl groups is 2. The van der Waals surface area contributed by atoms with Crippen LogP contribution in [0.3, 0.4) is 0 Å². The van der Waals surface area contributed by atoms with Crippen LogP contribution in [0, 0.1) is 5.92 Å². The Morgan fingerprint density at radius 2 is 0.857 bits per heavy atom. The molecule has 0 aliphatic heterocycles. The molecule has 0 aliphatic carbocycles. The quantitative estimate of drug-likeness (QED) is 0.0442. The molecule has 0 saturated carbocycles. The number of carboxylic acids is 2. The van der Waals surface area contributed by atoms with Crippen LogP contribution in [0.15, 0.2) is 12.2 Å². The third-order valence-electron chi connectivity index (χ3n) is 8.55. The first-order valence-electron chi connectivity index (χ1n) is 17.8. The number of rotatable bonds is 33. The second-order valence-corrected chi connectivity index (χ2v) is 12.6. The molecule has 0 bridgehead atoms. The molecule has 42 heavy (non-hydrogen) atoms. The van der Waals surface area contributed by atoms with Crippen molar-refractivity contribution in [3.63, 3.8) is 0 Å².